The number of amides is 2. The molecule has 0 radical (unpaired) electrons. The number of aromatic hydroxyl groups is 2. The molecular formula is C28H23N9O11S3. The van der Waals surface area contributed by atoms with E-state index in [1.54, 1.807) is 0 Å². The third kappa shape index (κ3) is 7.06. The molecule has 2 aliphatic heterocycles. The van der Waals surface area contributed by atoms with Crippen LogP contribution in [0.5, 0.6) is 11.5 Å². The number of aliphatic carboxylic acids is 2. The van der Waals surface area contributed by atoms with Gasteiger partial charge in [0, 0.05) is 16.9 Å². The number of β-lactam (4-membered cyclic amide) rings is 1. The second-order valence-corrected chi connectivity index (χ2v) is 13.7. The summed E-state index contributed by atoms with van der Waals surface area (Å²) in [7, 11) is 0. The summed E-state index contributed by atoms with van der Waals surface area (Å²) in [5.41, 5.74) is 5.53. The van der Waals surface area contributed by atoms with Crippen LogP contribution in [0.15, 0.2) is 51.2 Å². The van der Waals surface area contributed by atoms with Crippen molar-refractivity contribution in [2.24, 2.45) is 5.16 Å². The average molecular weight is 758 g/mol. The van der Waals surface area contributed by atoms with Gasteiger partial charge in [-0.25, -0.2) is 19.6 Å². The third-order valence-electron chi connectivity index (χ3n) is 7.30. The van der Waals surface area contributed by atoms with Gasteiger partial charge in [-0.05, 0) is 29.3 Å². The van der Waals surface area contributed by atoms with Gasteiger partial charge in [0.2, 0.25) is 0 Å². The first-order valence-corrected chi connectivity index (χ1v) is 17.2. The molecule has 20 nitrogen and oxygen atoms in total. The number of carboxylic acids is 3. The lowest BCUT2D eigenvalue weighted by molar-refractivity contribution is -0.150. The minimum absolute atomic E-state index is 0.00995. The highest BCUT2D eigenvalue weighted by Gasteiger charge is 2.54. The molecule has 4 aromatic rings. The minimum Gasteiger partial charge on any atom is -0.504 e. The molecular weight excluding hydrogens is 735 g/mol. The van der Waals surface area contributed by atoms with E-state index in [1.807, 2.05) is 0 Å². The summed E-state index contributed by atoms with van der Waals surface area (Å²) in [5.74, 6) is -6.86. The molecule has 1 saturated heterocycles. The summed E-state index contributed by atoms with van der Waals surface area (Å²) >= 11 is 3.37. The number of anilines is 1. The Morgan fingerprint density at radius 1 is 1.12 bits per heavy atom. The molecule has 23 heteroatoms. The van der Waals surface area contributed by atoms with E-state index in [4.69, 9.17) is 10.6 Å². The third-order valence-corrected chi connectivity index (χ3v) is 10.4. The largest absolute Gasteiger partial charge is 0.504 e. The van der Waals surface area contributed by atoms with Crippen LogP contribution >= 0.6 is 34.9 Å². The Hall–Kier alpha value is -5.94. The predicted molar refractivity (Wildman–Crippen MR) is 177 cm³/mol. The molecule has 8 N–H and O–H groups in total. The number of rotatable bonds is 13. The fraction of sp³-hybridized carbons (Fsp3) is 0.214. The fourth-order valence-electron chi connectivity index (χ4n) is 5.06. The number of oxime groups is 1. The number of hydrogen-bond acceptors (Lipinski definition) is 17. The summed E-state index contributed by atoms with van der Waals surface area (Å²) in [6, 6.07) is 2.44. The zero-order valence-electron chi connectivity index (χ0n) is 25.5. The van der Waals surface area contributed by atoms with E-state index < -0.39 is 70.5 Å². The van der Waals surface area contributed by atoms with Gasteiger partial charge in [0.15, 0.2) is 28.0 Å². The van der Waals surface area contributed by atoms with Gasteiger partial charge in [-0.15, -0.1) is 40.0 Å². The molecule has 51 heavy (non-hydrogen) atoms. The Morgan fingerprint density at radius 2 is 1.90 bits per heavy atom. The molecule has 5 heterocycles. The molecule has 0 spiro atoms. The smallest absolute Gasteiger partial charge is 0.352 e. The van der Waals surface area contributed by atoms with E-state index in [9.17, 15) is 49.5 Å². The number of nitrogen functional groups attached to an aromatic ring is 1. The highest BCUT2D eigenvalue weighted by atomic mass is 32.2. The van der Waals surface area contributed by atoms with Crippen LogP contribution in [0.25, 0.3) is 5.65 Å². The number of nitrogens with two attached hydrogens (primary N) is 1. The number of aromatic carboxylic acids is 1. The van der Waals surface area contributed by atoms with Gasteiger partial charge in [-0.3, -0.25) is 19.3 Å². The molecule has 1 fully saturated rings. The van der Waals surface area contributed by atoms with Gasteiger partial charge < -0.3 is 41.4 Å². The lowest BCUT2D eigenvalue weighted by atomic mass is 10.0. The molecule has 0 bridgehead atoms. The molecule has 6 rings (SSSR count). The van der Waals surface area contributed by atoms with Crippen molar-refractivity contribution in [2.45, 2.75) is 29.5 Å². The highest BCUT2D eigenvalue weighted by molar-refractivity contribution is 8.01. The van der Waals surface area contributed by atoms with Gasteiger partial charge in [0.1, 0.15) is 40.0 Å². The summed E-state index contributed by atoms with van der Waals surface area (Å²) in [5, 5.41) is 63.6. The number of fused-ring (bicyclic) bond motifs is 2. The van der Waals surface area contributed by atoms with E-state index in [-0.39, 0.29) is 45.7 Å². The second kappa shape index (κ2) is 14.1. The molecule has 0 aliphatic carbocycles. The van der Waals surface area contributed by atoms with Crippen molar-refractivity contribution in [2.75, 3.05) is 17.2 Å². The molecule has 2 amide bonds. The van der Waals surface area contributed by atoms with Crippen LogP contribution in [0.3, 0.4) is 0 Å². The zero-order chi connectivity index (χ0) is 36.6. The molecule has 264 valence electrons. The quantitative estimate of drug-likeness (QED) is 0.0242. The number of phenols is 2. The number of thiazole rings is 1. The van der Waals surface area contributed by atoms with Crippen molar-refractivity contribution < 1.29 is 54.3 Å². The summed E-state index contributed by atoms with van der Waals surface area (Å²) in [6.07, 6.45) is 1.01. The Morgan fingerprint density at radius 3 is 2.59 bits per heavy atom. The molecule has 1 aromatic carbocycles. The van der Waals surface area contributed by atoms with Crippen LogP contribution in [0.2, 0.25) is 0 Å². The monoisotopic (exact) mass is 757 g/mol. The fourth-order valence-corrected chi connectivity index (χ4v) is 8.11. The number of nitrogens with one attached hydrogen (secondary N) is 1. The van der Waals surface area contributed by atoms with Crippen molar-refractivity contribution in [3.8, 4) is 11.5 Å². The molecule has 3 aromatic heterocycles. The normalized spacial score (nSPS) is 17.2. The number of aromatic nitrogens is 5. The number of hydrogen-bond donors (Lipinski definition) is 7. The summed E-state index contributed by atoms with van der Waals surface area (Å²) in [4.78, 5) is 76.5. The van der Waals surface area contributed by atoms with Gasteiger partial charge in [-0.1, -0.05) is 10.4 Å². The molecule has 0 unspecified atom stereocenters. The zero-order valence-corrected chi connectivity index (χ0v) is 27.9. The molecule has 0 saturated carbocycles. The van der Waals surface area contributed by atoms with Crippen molar-refractivity contribution in [1.82, 2.24) is 35.0 Å². The van der Waals surface area contributed by atoms with E-state index in [0.717, 1.165) is 40.1 Å². The Balaban J connectivity index is 1.18. The van der Waals surface area contributed by atoms with Crippen LogP contribution in [0.4, 0.5) is 5.13 Å². The Labute approximate surface area is 296 Å². The van der Waals surface area contributed by atoms with E-state index in [1.165, 1.54) is 33.9 Å². The first kappa shape index (κ1) is 34.9. The summed E-state index contributed by atoms with van der Waals surface area (Å²) in [6.45, 7) is -0.449. The topological polar surface area (TPSA) is 305 Å². The molecule has 2 aliphatic rings. The number of thioether (sulfide) groups is 2. The summed E-state index contributed by atoms with van der Waals surface area (Å²) < 4.78 is 1.39. The van der Waals surface area contributed by atoms with Crippen LogP contribution in [-0.4, -0.2) is 114 Å². The minimum atomic E-state index is -1.51. The maximum Gasteiger partial charge on any atom is 0.352 e. The highest BCUT2D eigenvalue weighted by Crippen LogP contribution is 2.42. The van der Waals surface area contributed by atoms with E-state index >= 15 is 0 Å². The molecule has 2 atom stereocenters. The van der Waals surface area contributed by atoms with E-state index in [2.05, 4.69) is 30.8 Å². The predicted octanol–water partition coefficient (Wildman–Crippen LogP) is 0.351. The van der Waals surface area contributed by atoms with E-state index in [0.29, 0.717) is 16.2 Å². The van der Waals surface area contributed by atoms with Gasteiger partial charge in [0.25, 0.3) is 11.8 Å². The SMILES string of the molecule is Nc1nc(C(=NOCc2cc(O)c(O)c(C(=O)O)c2)C(=O)N[C@@H]2C(=O)N3C(C(=O)O)=C(CSc4cc(CC(=O)O)nc5cnnn45)CS[C@H]23)cs1. The van der Waals surface area contributed by atoms with Crippen molar-refractivity contribution in [3.63, 3.8) is 0 Å². The first-order valence-electron chi connectivity index (χ1n) is 14.3. The number of carboxylic acid groups (broad SMARTS) is 3. The van der Waals surface area contributed by atoms with Gasteiger partial charge in [0.05, 0.1) is 18.3 Å². The lowest BCUT2D eigenvalue weighted by Gasteiger charge is -2.49. The van der Waals surface area contributed by atoms with Crippen molar-refractivity contribution in [1.29, 1.82) is 0 Å². The Bertz CT molecular complexity index is 2180. The van der Waals surface area contributed by atoms with Crippen molar-refractivity contribution >= 4 is 81.1 Å². The van der Waals surface area contributed by atoms with Crippen LogP contribution in [0.1, 0.15) is 27.3 Å². The van der Waals surface area contributed by atoms with Crippen LogP contribution in [0, 0.1) is 0 Å². The maximum atomic E-state index is 13.5. The number of carbonyl (C=O) groups is 5. The number of carbonyl (C=O) groups excluding carboxylic acids is 2. The number of phenolic OH excluding ortho intramolecular Hbond substituents is 1. The average Bonchev–Trinajstić information content (AvgIpc) is 3.73. The van der Waals surface area contributed by atoms with Crippen LogP contribution < -0.4 is 11.1 Å². The van der Waals surface area contributed by atoms with Crippen LogP contribution in [-0.2, 0) is 37.0 Å². The number of nitrogens with zero attached hydrogens (tertiary/aromatic N) is 7. The Kier molecular flexibility index (Phi) is 9.67. The van der Waals surface area contributed by atoms with Gasteiger partial charge in [-0.2, -0.15) is 4.52 Å². The standard InChI is InChI=1S/C28H23N9O11S3/c29-28-32-14(9-51-28)19(34-48-6-10-1-13(26(44)45)22(41)15(38)2-10)23(42)33-20-24(43)36-21(27(46)47)11(8-50-25(20)36)7-49-17-3-12(4-18(39)40)31-16-5-30-35-37(16)17/h1-3,5,9,20,25,38,41H,4,6-8H2,(H2,29,32)(H,33,42)(H,39,40)(H,44,45)(H,46,47)/t20-,25-/m1/s1. The first-order chi connectivity index (χ1) is 24.3. The van der Waals surface area contributed by atoms with Gasteiger partial charge >= 0.3 is 17.9 Å². The number of benzene rings is 1. The second-order valence-electron chi connectivity index (χ2n) is 10.7. The van der Waals surface area contributed by atoms with Crippen molar-refractivity contribution in [3.05, 3.63) is 63.6 Å². The lowest BCUT2D eigenvalue weighted by Crippen LogP contribution is -2.71. The maximum absolute atomic E-state index is 13.5.